The Bertz CT molecular complexity index is 832. The van der Waals surface area contributed by atoms with Crippen LogP contribution in [0.1, 0.15) is 35.7 Å². The molecule has 1 amide bonds. The molecule has 1 unspecified atom stereocenters. The van der Waals surface area contributed by atoms with Crippen molar-refractivity contribution >= 4 is 11.7 Å². The first kappa shape index (κ1) is 18.7. The molecule has 0 spiro atoms. The number of ether oxygens (including phenoxy) is 1. The smallest absolute Gasteiger partial charge is 0.263 e. The number of carbonyl (C=O) groups is 2. The van der Waals surface area contributed by atoms with Gasteiger partial charge in [0.15, 0.2) is 11.9 Å². The fourth-order valence-electron chi connectivity index (χ4n) is 3.32. The van der Waals surface area contributed by atoms with Crippen LogP contribution in [-0.2, 0) is 4.79 Å². The van der Waals surface area contributed by atoms with Crippen LogP contribution < -0.4 is 4.74 Å². The van der Waals surface area contributed by atoms with E-state index < -0.39 is 6.10 Å². The summed E-state index contributed by atoms with van der Waals surface area (Å²) in [6, 6.07) is 18.1. The number of likely N-dealkylation sites (tertiary alicyclic amines) is 1. The Balaban J connectivity index is 1.53. The molecule has 0 aliphatic carbocycles. The molecule has 0 N–H and O–H groups in total. The molecule has 0 radical (unpaired) electrons. The Morgan fingerprint density at radius 3 is 2.30 bits per heavy atom. The molecular formula is C22H22N2O3. The summed E-state index contributed by atoms with van der Waals surface area (Å²) >= 11 is 0. The number of amides is 1. The van der Waals surface area contributed by atoms with Gasteiger partial charge in [-0.1, -0.05) is 30.3 Å². The molecule has 1 heterocycles. The number of benzene rings is 2. The number of hydrogen-bond acceptors (Lipinski definition) is 4. The predicted octanol–water partition coefficient (Wildman–Crippen LogP) is 3.45. The van der Waals surface area contributed by atoms with Crippen LogP contribution in [0.25, 0.3) is 0 Å². The van der Waals surface area contributed by atoms with Gasteiger partial charge in [0.2, 0.25) is 0 Å². The lowest BCUT2D eigenvalue weighted by molar-refractivity contribution is -0.139. The normalized spacial score (nSPS) is 15.6. The summed E-state index contributed by atoms with van der Waals surface area (Å²) in [4.78, 5) is 27.0. The zero-order chi connectivity index (χ0) is 19.2. The summed E-state index contributed by atoms with van der Waals surface area (Å²) < 4.78 is 5.70. The molecule has 1 fully saturated rings. The van der Waals surface area contributed by atoms with Gasteiger partial charge in [-0.2, -0.15) is 5.26 Å². The van der Waals surface area contributed by atoms with Crippen molar-refractivity contribution in [2.45, 2.75) is 25.9 Å². The van der Waals surface area contributed by atoms with Gasteiger partial charge in [-0.15, -0.1) is 0 Å². The van der Waals surface area contributed by atoms with E-state index in [1.807, 2.05) is 36.4 Å². The molecule has 138 valence electrons. The lowest BCUT2D eigenvalue weighted by atomic mass is 9.89. The van der Waals surface area contributed by atoms with Crippen molar-refractivity contribution in [1.29, 1.82) is 5.26 Å². The minimum Gasteiger partial charge on any atom is -0.481 e. The third-order valence-corrected chi connectivity index (χ3v) is 4.88. The minimum absolute atomic E-state index is 0.0359. The van der Waals surface area contributed by atoms with Gasteiger partial charge in [0.05, 0.1) is 11.6 Å². The van der Waals surface area contributed by atoms with Crippen molar-refractivity contribution in [3.8, 4) is 11.8 Å². The van der Waals surface area contributed by atoms with Crippen LogP contribution in [0.4, 0.5) is 0 Å². The number of nitrogens with zero attached hydrogens (tertiary/aromatic N) is 2. The molecular weight excluding hydrogens is 340 g/mol. The van der Waals surface area contributed by atoms with Crippen LogP contribution in [0, 0.1) is 17.2 Å². The predicted molar refractivity (Wildman–Crippen MR) is 101 cm³/mol. The van der Waals surface area contributed by atoms with Gasteiger partial charge in [-0.3, -0.25) is 9.59 Å². The Kier molecular flexibility index (Phi) is 5.87. The summed E-state index contributed by atoms with van der Waals surface area (Å²) in [6.07, 6.45) is 0.728. The maximum atomic E-state index is 12.6. The highest BCUT2D eigenvalue weighted by Crippen LogP contribution is 2.23. The summed E-state index contributed by atoms with van der Waals surface area (Å²) in [5, 5.41) is 8.83. The van der Waals surface area contributed by atoms with E-state index in [4.69, 9.17) is 10.00 Å². The van der Waals surface area contributed by atoms with Gasteiger partial charge in [-0.25, -0.2) is 0 Å². The van der Waals surface area contributed by atoms with Crippen molar-refractivity contribution in [3.05, 3.63) is 65.7 Å². The molecule has 2 aromatic rings. The highest BCUT2D eigenvalue weighted by molar-refractivity contribution is 5.98. The Hall–Kier alpha value is -3.13. The van der Waals surface area contributed by atoms with E-state index >= 15 is 0 Å². The Morgan fingerprint density at radius 2 is 1.70 bits per heavy atom. The fourth-order valence-corrected chi connectivity index (χ4v) is 3.32. The number of carbonyl (C=O) groups excluding carboxylic acids is 2. The minimum atomic E-state index is -0.612. The monoisotopic (exact) mass is 362 g/mol. The number of ketones is 1. The van der Waals surface area contributed by atoms with Gasteiger partial charge in [0.1, 0.15) is 5.75 Å². The SMILES string of the molecule is CC(Oc1ccc(C#N)cc1)C(=O)N1CCC(C(=O)c2ccccc2)CC1. The molecule has 27 heavy (non-hydrogen) atoms. The summed E-state index contributed by atoms with van der Waals surface area (Å²) in [5.41, 5.74) is 1.28. The molecule has 2 aromatic carbocycles. The molecule has 3 rings (SSSR count). The maximum Gasteiger partial charge on any atom is 0.263 e. The lowest BCUT2D eigenvalue weighted by Gasteiger charge is -2.33. The van der Waals surface area contributed by atoms with Crippen molar-refractivity contribution in [2.24, 2.45) is 5.92 Å². The first-order valence-electron chi connectivity index (χ1n) is 9.13. The molecule has 0 aromatic heterocycles. The van der Waals surface area contributed by atoms with E-state index in [0.717, 1.165) is 5.56 Å². The molecule has 1 saturated heterocycles. The number of Topliss-reactive ketones (excluding diaryl/α,β-unsaturated/α-hetero) is 1. The molecule has 1 aliphatic rings. The fraction of sp³-hybridized carbons (Fsp3) is 0.318. The molecule has 5 nitrogen and oxygen atoms in total. The van der Waals surface area contributed by atoms with Crippen LogP contribution in [0.2, 0.25) is 0 Å². The van der Waals surface area contributed by atoms with Crippen LogP contribution in [0.3, 0.4) is 0 Å². The van der Waals surface area contributed by atoms with Gasteiger partial charge in [0.25, 0.3) is 5.91 Å². The van der Waals surface area contributed by atoms with E-state index in [9.17, 15) is 9.59 Å². The van der Waals surface area contributed by atoms with Gasteiger partial charge < -0.3 is 9.64 Å². The molecule has 5 heteroatoms. The van der Waals surface area contributed by atoms with Crippen molar-refractivity contribution in [1.82, 2.24) is 4.90 Å². The Morgan fingerprint density at radius 1 is 1.07 bits per heavy atom. The summed E-state index contributed by atoms with van der Waals surface area (Å²) in [7, 11) is 0. The second kappa shape index (κ2) is 8.50. The van der Waals surface area contributed by atoms with Crippen LogP contribution in [0.5, 0.6) is 5.75 Å². The first-order valence-corrected chi connectivity index (χ1v) is 9.13. The highest BCUT2D eigenvalue weighted by Gasteiger charge is 2.30. The molecule has 0 saturated carbocycles. The Labute approximate surface area is 159 Å². The molecule has 1 aliphatic heterocycles. The second-order valence-corrected chi connectivity index (χ2v) is 6.73. The average molecular weight is 362 g/mol. The quantitative estimate of drug-likeness (QED) is 0.764. The standard InChI is InChI=1S/C22H22N2O3/c1-16(27-20-9-7-17(15-23)8-10-20)22(26)24-13-11-19(12-14-24)21(25)18-5-3-2-4-6-18/h2-10,16,19H,11-14H2,1H3. The number of piperidine rings is 1. The van der Waals surface area contributed by atoms with E-state index in [1.54, 1.807) is 36.1 Å². The van der Waals surface area contributed by atoms with E-state index in [0.29, 0.717) is 37.2 Å². The highest BCUT2D eigenvalue weighted by atomic mass is 16.5. The van der Waals surface area contributed by atoms with Gasteiger partial charge in [0, 0.05) is 24.6 Å². The summed E-state index contributed by atoms with van der Waals surface area (Å²) in [5.74, 6) is 0.602. The van der Waals surface area contributed by atoms with Gasteiger partial charge in [-0.05, 0) is 44.0 Å². The zero-order valence-electron chi connectivity index (χ0n) is 15.3. The summed E-state index contributed by atoms with van der Waals surface area (Å²) in [6.45, 7) is 2.84. The van der Waals surface area contributed by atoms with Crippen LogP contribution in [-0.4, -0.2) is 35.8 Å². The average Bonchev–Trinajstić information content (AvgIpc) is 2.74. The van der Waals surface area contributed by atoms with Gasteiger partial charge >= 0.3 is 0 Å². The van der Waals surface area contributed by atoms with Crippen molar-refractivity contribution in [2.75, 3.05) is 13.1 Å². The largest absolute Gasteiger partial charge is 0.481 e. The van der Waals surface area contributed by atoms with E-state index in [2.05, 4.69) is 0 Å². The van der Waals surface area contributed by atoms with E-state index in [-0.39, 0.29) is 17.6 Å². The lowest BCUT2D eigenvalue weighted by Crippen LogP contribution is -2.45. The second-order valence-electron chi connectivity index (χ2n) is 6.73. The van der Waals surface area contributed by atoms with Crippen molar-refractivity contribution in [3.63, 3.8) is 0 Å². The zero-order valence-corrected chi connectivity index (χ0v) is 15.3. The third-order valence-electron chi connectivity index (χ3n) is 4.88. The van der Waals surface area contributed by atoms with E-state index in [1.165, 1.54) is 0 Å². The number of nitriles is 1. The number of rotatable bonds is 5. The van der Waals surface area contributed by atoms with Crippen LogP contribution >= 0.6 is 0 Å². The van der Waals surface area contributed by atoms with Crippen molar-refractivity contribution < 1.29 is 14.3 Å². The van der Waals surface area contributed by atoms with Crippen LogP contribution in [0.15, 0.2) is 54.6 Å². The topological polar surface area (TPSA) is 70.4 Å². The maximum absolute atomic E-state index is 12.6. The first-order chi connectivity index (χ1) is 13.1. The molecule has 0 bridgehead atoms. The molecule has 1 atom stereocenters. The number of hydrogen-bond donors (Lipinski definition) is 0. The third kappa shape index (κ3) is 4.53.